The van der Waals surface area contributed by atoms with E-state index < -0.39 is 15.5 Å². The highest BCUT2D eigenvalue weighted by atomic mass is 35.6. The quantitative estimate of drug-likeness (QED) is 0.416. The zero-order valence-corrected chi connectivity index (χ0v) is 17.0. The van der Waals surface area contributed by atoms with E-state index in [4.69, 9.17) is 39.5 Å². The van der Waals surface area contributed by atoms with Crippen molar-refractivity contribution in [3.63, 3.8) is 0 Å². The molecule has 0 bridgehead atoms. The molecule has 2 heterocycles. The summed E-state index contributed by atoms with van der Waals surface area (Å²) >= 11 is 16.2. The largest absolute Gasteiger partial charge is 0.462 e. The van der Waals surface area contributed by atoms with Crippen molar-refractivity contribution in [2.75, 3.05) is 6.61 Å². The van der Waals surface area contributed by atoms with Gasteiger partial charge in [-0.05, 0) is 19.1 Å². The Labute approximate surface area is 170 Å². The molecule has 0 amide bonds. The Bertz CT molecular complexity index is 849. The summed E-state index contributed by atoms with van der Waals surface area (Å²) in [6, 6.07) is 2.84. The van der Waals surface area contributed by atoms with Gasteiger partial charge in [-0.2, -0.15) is 0 Å². The predicted octanol–water partition coefficient (Wildman–Crippen LogP) is 4.16. The minimum absolute atomic E-state index is 0.101. The summed E-state index contributed by atoms with van der Waals surface area (Å²) in [6.07, 6.45) is 2.80. The molecule has 10 heteroatoms. The van der Waals surface area contributed by atoms with Gasteiger partial charge in [0.25, 0.3) is 3.79 Å². The van der Waals surface area contributed by atoms with Gasteiger partial charge in [-0.15, -0.1) is 0 Å². The van der Waals surface area contributed by atoms with Crippen molar-refractivity contribution in [2.24, 2.45) is 0 Å². The topological polar surface area (TPSA) is 109 Å². The van der Waals surface area contributed by atoms with Crippen molar-refractivity contribution in [2.45, 2.75) is 24.6 Å². The van der Waals surface area contributed by atoms with E-state index in [2.05, 4.69) is 9.97 Å². The molecule has 2 rings (SSSR count). The van der Waals surface area contributed by atoms with Crippen LogP contribution in [0.2, 0.25) is 0 Å². The van der Waals surface area contributed by atoms with Crippen LogP contribution in [0.5, 0.6) is 0 Å². The molecule has 7 nitrogen and oxygen atoms in total. The van der Waals surface area contributed by atoms with Gasteiger partial charge in [0, 0.05) is 31.8 Å². The third-order valence-corrected chi connectivity index (χ3v) is 3.67. The number of carbonyl (C=O) groups is 4. The standard InChI is InChI=1S/C9H11NO3.C8H6Cl3NO2/c1-3-13-9(12)7-4-8(6(2)11)10-5-7;1-4(13)6-2-5(3-12-6)7(14)8(9,10)11/h4-5,10H,3H2,1-2H3;2-3,12H,1H3. The van der Waals surface area contributed by atoms with Gasteiger partial charge in [-0.1, -0.05) is 34.8 Å². The smallest absolute Gasteiger partial charge is 0.339 e. The number of nitrogens with one attached hydrogen (secondary N) is 2. The lowest BCUT2D eigenvalue weighted by Gasteiger charge is -2.06. The molecular formula is C17H17Cl3N2O5. The van der Waals surface area contributed by atoms with E-state index in [1.54, 1.807) is 6.92 Å². The van der Waals surface area contributed by atoms with Gasteiger partial charge < -0.3 is 14.7 Å². The molecule has 2 aromatic rings. The first-order valence-electron chi connectivity index (χ1n) is 7.64. The molecular weight excluding hydrogens is 419 g/mol. The minimum atomic E-state index is -1.99. The lowest BCUT2D eigenvalue weighted by Crippen LogP contribution is -2.18. The van der Waals surface area contributed by atoms with Crippen molar-refractivity contribution >= 4 is 58.1 Å². The number of alkyl halides is 3. The Morgan fingerprint density at radius 2 is 1.37 bits per heavy atom. The number of H-pyrrole nitrogens is 2. The Hall–Kier alpha value is -2.09. The number of ether oxygens (including phenoxy) is 1. The van der Waals surface area contributed by atoms with Gasteiger partial charge in [-0.25, -0.2) is 4.79 Å². The van der Waals surface area contributed by atoms with Crippen LogP contribution < -0.4 is 0 Å². The Kier molecular flexibility index (Phi) is 8.27. The predicted molar refractivity (Wildman–Crippen MR) is 102 cm³/mol. The Morgan fingerprint density at radius 1 is 0.926 bits per heavy atom. The van der Waals surface area contributed by atoms with Crippen LogP contribution in [-0.2, 0) is 4.74 Å². The van der Waals surface area contributed by atoms with E-state index in [-0.39, 0.29) is 17.1 Å². The van der Waals surface area contributed by atoms with E-state index >= 15 is 0 Å². The first-order chi connectivity index (χ1) is 12.5. The van der Waals surface area contributed by atoms with Crippen LogP contribution in [0.25, 0.3) is 0 Å². The van der Waals surface area contributed by atoms with Crippen LogP contribution in [0.1, 0.15) is 62.5 Å². The monoisotopic (exact) mass is 434 g/mol. The number of rotatable bonds is 5. The first kappa shape index (κ1) is 23.0. The molecule has 0 fully saturated rings. The van der Waals surface area contributed by atoms with Crippen LogP contribution in [0.3, 0.4) is 0 Å². The molecule has 146 valence electrons. The summed E-state index contributed by atoms with van der Waals surface area (Å²) in [4.78, 5) is 49.6. The van der Waals surface area contributed by atoms with E-state index in [9.17, 15) is 19.2 Å². The summed E-state index contributed by atoms with van der Waals surface area (Å²) in [5.74, 6) is -1.36. The van der Waals surface area contributed by atoms with Crippen LogP contribution in [-0.4, -0.2) is 43.7 Å². The zero-order chi connectivity index (χ0) is 20.8. The lowest BCUT2D eigenvalue weighted by atomic mass is 10.2. The van der Waals surface area contributed by atoms with Crippen LogP contribution in [0.15, 0.2) is 24.5 Å². The van der Waals surface area contributed by atoms with Crippen molar-refractivity contribution in [3.8, 4) is 0 Å². The average molecular weight is 436 g/mol. The zero-order valence-electron chi connectivity index (χ0n) is 14.7. The normalized spacial score (nSPS) is 10.6. The van der Waals surface area contributed by atoms with E-state index in [0.717, 1.165) is 0 Å². The second-order valence-corrected chi connectivity index (χ2v) is 7.55. The number of hydrogen-bond acceptors (Lipinski definition) is 5. The van der Waals surface area contributed by atoms with E-state index in [1.165, 1.54) is 38.4 Å². The molecule has 0 aliphatic heterocycles. The molecule has 27 heavy (non-hydrogen) atoms. The SMILES string of the molecule is CC(=O)c1cc(C(=O)C(Cl)(Cl)Cl)c[nH]1.CCOC(=O)c1c[nH]c(C(C)=O)c1. The molecule has 0 spiro atoms. The summed E-state index contributed by atoms with van der Waals surface area (Å²) in [7, 11) is 0. The molecule has 0 unspecified atom stereocenters. The molecule has 0 aliphatic carbocycles. The van der Waals surface area contributed by atoms with Crippen LogP contribution in [0, 0.1) is 0 Å². The van der Waals surface area contributed by atoms with Gasteiger partial charge in [-0.3, -0.25) is 14.4 Å². The van der Waals surface area contributed by atoms with Gasteiger partial charge >= 0.3 is 5.97 Å². The van der Waals surface area contributed by atoms with Crippen molar-refractivity contribution in [1.29, 1.82) is 0 Å². The summed E-state index contributed by atoms with van der Waals surface area (Å²) in [5, 5.41) is 0. The number of aromatic amines is 2. The molecule has 0 atom stereocenters. The number of esters is 1. The van der Waals surface area contributed by atoms with Crippen molar-refractivity contribution < 1.29 is 23.9 Å². The first-order valence-corrected chi connectivity index (χ1v) is 8.78. The second-order valence-electron chi connectivity index (χ2n) is 5.26. The lowest BCUT2D eigenvalue weighted by molar-refractivity contribution is 0.0526. The number of aromatic nitrogens is 2. The number of halogens is 3. The fraction of sp³-hybridized carbons (Fsp3) is 0.294. The highest BCUT2D eigenvalue weighted by Gasteiger charge is 2.32. The molecule has 0 saturated carbocycles. The molecule has 0 saturated heterocycles. The van der Waals surface area contributed by atoms with Gasteiger partial charge in [0.2, 0.25) is 5.78 Å². The minimum Gasteiger partial charge on any atom is -0.462 e. The molecule has 0 aromatic carbocycles. The maximum absolute atomic E-state index is 11.4. The number of ketones is 3. The molecule has 0 radical (unpaired) electrons. The van der Waals surface area contributed by atoms with Crippen LogP contribution >= 0.6 is 34.8 Å². The third-order valence-electron chi connectivity index (χ3n) is 3.16. The van der Waals surface area contributed by atoms with Crippen LogP contribution in [0.4, 0.5) is 0 Å². The number of hydrogen-bond donors (Lipinski definition) is 2. The summed E-state index contributed by atoms with van der Waals surface area (Å²) in [6.45, 7) is 4.87. The summed E-state index contributed by atoms with van der Waals surface area (Å²) in [5.41, 5.74) is 1.29. The van der Waals surface area contributed by atoms with Gasteiger partial charge in [0.1, 0.15) is 0 Å². The Balaban J connectivity index is 0.000000271. The summed E-state index contributed by atoms with van der Waals surface area (Å²) < 4.78 is 2.76. The van der Waals surface area contributed by atoms with Crippen molar-refractivity contribution in [3.05, 3.63) is 47.0 Å². The molecule has 2 aromatic heterocycles. The van der Waals surface area contributed by atoms with Gasteiger partial charge in [0.05, 0.1) is 23.6 Å². The van der Waals surface area contributed by atoms with Crippen molar-refractivity contribution in [1.82, 2.24) is 9.97 Å². The highest BCUT2D eigenvalue weighted by molar-refractivity contribution is 6.77. The average Bonchev–Trinajstić information content (AvgIpc) is 3.24. The van der Waals surface area contributed by atoms with E-state index in [1.807, 2.05) is 0 Å². The fourth-order valence-electron chi connectivity index (χ4n) is 1.82. The molecule has 2 N–H and O–H groups in total. The van der Waals surface area contributed by atoms with E-state index in [0.29, 0.717) is 23.6 Å². The highest BCUT2D eigenvalue weighted by Crippen LogP contribution is 2.30. The second kappa shape index (κ2) is 9.73. The third kappa shape index (κ3) is 6.86. The Morgan fingerprint density at radius 3 is 1.74 bits per heavy atom. The number of carbonyl (C=O) groups excluding carboxylic acids is 4. The fourth-order valence-corrected chi connectivity index (χ4v) is 2.15. The maximum atomic E-state index is 11.4. The number of Topliss-reactive ketones (excluding diaryl/α,β-unsaturated/α-hetero) is 3. The van der Waals surface area contributed by atoms with Gasteiger partial charge in [0.15, 0.2) is 11.6 Å². The molecule has 0 aliphatic rings. The maximum Gasteiger partial charge on any atom is 0.339 e.